The van der Waals surface area contributed by atoms with E-state index in [1.165, 1.54) is 44.4 Å². The number of anilines is 1. The average Bonchev–Trinajstić information content (AvgIpc) is 2.95. The van der Waals surface area contributed by atoms with Gasteiger partial charge in [-0.15, -0.1) is 0 Å². The Morgan fingerprint density at radius 1 is 0.949 bits per heavy atom. The van der Waals surface area contributed by atoms with E-state index in [9.17, 15) is 18.0 Å². The highest BCUT2D eigenvalue weighted by Crippen LogP contribution is 2.36. The molecule has 3 rings (SSSR count). The number of rotatable bonds is 11. The van der Waals surface area contributed by atoms with Gasteiger partial charge in [0.1, 0.15) is 24.1 Å². The fraction of sp³-hybridized carbons (Fsp3) is 0.259. The molecule has 0 unspecified atom stereocenters. The van der Waals surface area contributed by atoms with Gasteiger partial charge in [-0.1, -0.05) is 47.5 Å². The van der Waals surface area contributed by atoms with Crippen molar-refractivity contribution in [1.82, 2.24) is 10.2 Å². The first-order valence-corrected chi connectivity index (χ1v) is 14.0. The summed E-state index contributed by atoms with van der Waals surface area (Å²) in [5.41, 5.74) is 0.695. The molecule has 3 aromatic rings. The third kappa shape index (κ3) is 6.95. The van der Waals surface area contributed by atoms with Gasteiger partial charge in [-0.3, -0.25) is 13.9 Å². The molecule has 12 heteroatoms. The Kier molecular flexibility index (Phi) is 10.1. The minimum absolute atomic E-state index is 0.0290. The molecule has 0 saturated carbocycles. The molecular formula is C27H29Cl2N3O6S. The molecular weight excluding hydrogens is 565 g/mol. The van der Waals surface area contributed by atoms with Crippen molar-refractivity contribution in [2.24, 2.45) is 0 Å². The van der Waals surface area contributed by atoms with Gasteiger partial charge in [-0.2, -0.15) is 0 Å². The quantitative estimate of drug-likeness (QED) is 0.354. The van der Waals surface area contributed by atoms with Crippen molar-refractivity contribution >= 4 is 50.7 Å². The van der Waals surface area contributed by atoms with Crippen LogP contribution in [0.5, 0.6) is 11.5 Å². The zero-order chi connectivity index (χ0) is 28.7. The lowest BCUT2D eigenvalue weighted by Gasteiger charge is -2.32. The molecule has 0 aliphatic carbocycles. The van der Waals surface area contributed by atoms with Gasteiger partial charge in [-0.25, -0.2) is 8.42 Å². The number of carbonyl (C=O) groups is 2. The Bertz CT molecular complexity index is 1440. The monoisotopic (exact) mass is 593 g/mol. The number of carbonyl (C=O) groups excluding carboxylic acids is 2. The molecule has 9 nitrogen and oxygen atoms in total. The van der Waals surface area contributed by atoms with E-state index in [-0.39, 0.29) is 27.9 Å². The molecule has 3 aromatic carbocycles. The standard InChI is InChI=1S/C27H29Cl2N3O6S/c1-18(27(34)30-2)31(16-19-10-12-22(28)23(29)14-19)26(33)17-32(39(35,36)21-8-6-5-7-9-21)24-15-20(37-3)11-13-25(24)38-4/h5-15,18H,16-17H2,1-4H3,(H,30,34)/t18-/m0/s1. The number of hydrogen-bond acceptors (Lipinski definition) is 6. The summed E-state index contributed by atoms with van der Waals surface area (Å²) in [6.45, 7) is 0.888. The van der Waals surface area contributed by atoms with E-state index in [0.717, 1.165) is 4.31 Å². The lowest BCUT2D eigenvalue weighted by molar-refractivity contribution is -0.139. The van der Waals surface area contributed by atoms with Crippen molar-refractivity contribution in [2.75, 3.05) is 32.1 Å². The first kappa shape index (κ1) is 30.1. The molecule has 208 valence electrons. The summed E-state index contributed by atoms with van der Waals surface area (Å²) in [6.07, 6.45) is 0. The summed E-state index contributed by atoms with van der Waals surface area (Å²) in [6, 6.07) is 16.3. The van der Waals surface area contributed by atoms with Crippen molar-refractivity contribution in [1.29, 1.82) is 0 Å². The summed E-state index contributed by atoms with van der Waals surface area (Å²) in [5, 5.41) is 3.15. The van der Waals surface area contributed by atoms with Crippen LogP contribution in [0.15, 0.2) is 71.6 Å². The number of halogens is 2. The molecule has 0 radical (unpaired) electrons. The van der Waals surface area contributed by atoms with Gasteiger partial charge < -0.3 is 19.7 Å². The van der Waals surface area contributed by atoms with Gasteiger partial charge in [0.2, 0.25) is 11.8 Å². The van der Waals surface area contributed by atoms with Crippen LogP contribution in [0.25, 0.3) is 0 Å². The summed E-state index contributed by atoms with van der Waals surface area (Å²) >= 11 is 12.2. The van der Waals surface area contributed by atoms with Gasteiger partial charge in [0.25, 0.3) is 10.0 Å². The van der Waals surface area contributed by atoms with Crippen LogP contribution in [0.3, 0.4) is 0 Å². The molecule has 0 aliphatic heterocycles. The van der Waals surface area contributed by atoms with Gasteiger partial charge >= 0.3 is 0 Å². The van der Waals surface area contributed by atoms with Crippen LogP contribution in [0, 0.1) is 0 Å². The molecule has 1 atom stereocenters. The Balaban J connectivity index is 2.12. The minimum atomic E-state index is -4.27. The summed E-state index contributed by atoms with van der Waals surface area (Å²) in [4.78, 5) is 27.7. The second-order valence-electron chi connectivity index (χ2n) is 8.42. The molecule has 0 aliphatic rings. The van der Waals surface area contributed by atoms with Crippen LogP contribution in [0.4, 0.5) is 5.69 Å². The SMILES string of the molecule is CNC(=O)[C@H](C)N(Cc1ccc(Cl)c(Cl)c1)C(=O)CN(c1cc(OC)ccc1OC)S(=O)(=O)c1ccccc1. The van der Waals surface area contributed by atoms with Crippen molar-refractivity contribution in [3.63, 3.8) is 0 Å². The molecule has 0 saturated heterocycles. The van der Waals surface area contributed by atoms with Gasteiger partial charge in [-0.05, 0) is 48.9 Å². The van der Waals surface area contributed by atoms with Gasteiger partial charge in [0, 0.05) is 19.7 Å². The average molecular weight is 595 g/mol. The number of ether oxygens (including phenoxy) is 2. The second kappa shape index (κ2) is 13.1. The molecule has 39 heavy (non-hydrogen) atoms. The fourth-order valence-corrected chi connectivity index (χ4v) is 5.61. The lowest BCUT2D eigenvalue weighted by atomic mass is 10.1. The minimum Gasteiger partial charge on any atom is -0.497 e. The third-order valence-corrected chi connectivity index (χ3v) is 8.53. The third-order valence-electron chi connectivity index (χ3n) is 6.02. The van der Waals surface area contributed by atoms with E-state index in [1.807, 2.05) is 0 Å². The maximum absolute atomic E-state index is 13.9. The summed E-state index contributed by atoms with van der Waals surface area (Å²) in [5.74, 6) is -0.502. The highest BCUT2D eigenvalue weighted by Gasteiger charge is 2.34. The predicted octanol–water partition coefficient (Wildman–Crippen LogP) is 4.37. The maximum Gasteiger partial charge on any atom is 0.264 e. The molecule has 2 amide bonds. The Hall–Kier alpha value is -3.47. The van der Waals surface area contributed by atoms with Crippen LogP contribution in [-0.4, -0.2) is 59.0 Å². The van der Waals surface area contributed by atoms with Crippen molar-refractivity contribution in [2.45, 2.75) is 24.4 Å². The zero-order valence-corrected chi connectivity index (χ0v) is 24.2. The van der Waals surface area contributed by atoms with Crippen LogP contribution >= 0.6 is 23.2 Å². The number of amides is 2. The van der Waals surface area contributed by atoms with Gasteiger partial charge in [0.15, 0.2) is 0 Å². The predicted molar refractivity (Wildman–Crippen MR) is 151 cm³/mol. The topological polar surface area (TPSA) is 105 Å². The first-order valence-electron chi connectivity index (χ1n) is 11.8. The van der Waals surface area contributed by atoms with E-state index in [2.05, 4.69) is 5.32 Å². The van der Waals surface area contributed by atoms with Crippen LogP contribution in [0.2, 0.25) is 10.0 Å². The smallest absolute Gasteiger partial charge is 0.264 e. The first-order chi connectivity index (χ1) is 18.5. The van der Waals surface area contributed by atoms with E-state index < -0.39 is 34.4 Å². The number of nitrogens with one attached hydrogen (secondary N) is 1. The van der Waals surface area contributed by atoms with Crippen LogP contribution in [-0.2, 0) is 26.2 Å². The molecule has 1 N–H and O–H groups in total. The number of likely N-dealkylation sites (N-methyl/N-ethyl adjacent to an activating group) is 1. The zero-order valence-electron chi connectivity index (χ0n) is 21.9. The lowest BCUT2D eigenvalue weighted by Crippen LogP contribution is -2.50. The molecule has 0 fully saturated rings. The van der Waals surface area contributed by atoms with E-state index >= 15 is 0 Å². The molecule has 0 spiro atoms. The largest absolute Gasteiger partial charge is 0.497 e. The van der Waals surface area contributed by atoms with Crippen LogP contribution < -0.4 is 19.1 Å². The summed E-state index contributed by atoms with van der Waals surface area (Å²) in [7, 11) is 0.0213. The van der Waals surface area contributed by atoms with Crippen molar-refractivity contribution in [3.05, 3.63) is 82.3 Å². The van der Waals surface area contributed by atoms with Crippen molar-refractivity contribution in [3.8, 4) is 11.5 Å². The number of methoxy groups -OCH3 is 2. The summed E-state index contributed by atoms with van der Waals surface area (Å²) < 4.78 is 39.5. The number of sulfonamides is 1. The van der Waals surface area contributed by atoms with E-state index in [4.69, 9.17) is 32.7 Å². The molecule has 0 heterocycles. The van der Waals surface area contributed by atoms with Crippen molar-refractivity contribution < 1.29 is 27.5 Å². The molecule has 0 aromatic heterocycles. The number of benzene rings is 3. The normalized spacial score (nSPS) is 11.8. The molecule has 0 bridgehead atoms. The number of hydrogen-bond donors (Lipinski definition) is 1. The Morgan fingerprint density at radius 3 is 2.23 bits per heavy atom. The highest BCUT2D eigenvalue weighted by atomic mass is 35.5. The fourth-order valence-electron chi connectivity index (χ4n) is 3.85. The number of nitrogens with zero attached hydrogens (tertiary/aromatic N) is 2. The highest BCUT2D eigenvalue weighted by molar-refractivity contribution is 7.92. The van der Waals surface area contributed by atoms with E-state index in [0.29, 0.717) is 16.3 Å². The maximum atomic E-state index is 13.9. The van der Waals surface area contributed by atoms with Gasteiger partial charge in [0.05, 0.1) is 34.8 Å². The van der Waals surface area contributed by atoms with E-state index in [1.54, 1.807) is 55.5 Å². The second-order valence-corrected chi connectivity index (χ2v) is 11.1. The van der Waals surface area contributed by atoms with Crippen LogP contribution in [0.1, 0.15) is 12.5 Å². The Labute approximate surface area is 238 Å². The Morgan fingerprint density at radius 2 is 1.64 bits per heavy atom.